The maximum absolute atomic E-state index is 10.1. The van der Waals surface area contributed by atoms with Crippen molar-refractivity contribution in [2.45, 2.75) is 25.0 Å². The van der Waals surface area contributed by atoms with Gasteiger partial charge in [0.05, 0.1) is 13.2 Å². The SMILES string of the molecule is COc1cccc(C(O)C2CCCN2)c1. The predicted octanol–water partition coefficient (Wildman–Crippen LogP) is 1.48. The Kier molecular flexibility index (Phi) is 3.23. The van der Waals surface area contributed by atoms with Crippen LogP contribution in [0.15, 0.2) is 24.3 Å². The largest absolute Gasteiger partial charge is 0.497 e. The van der Waals surface area contributed by atoms with Gasteiger partial charge in [-0.2, -0.15) is 0 Å². The number of aliphatic hydroxyl groups is 1. The van der Waals surface area contributed by atoms with Gasteiger partial charge in [0.2, 0.25) is 0 Å². The average Bonchev–Trinajstić information content (AvgIpc) is 2.81. The molecule has 15 heavy (non-hydrogen) atoms. The van der Waals surface area contributed by atoms with E-state index in [1.54, 1.807) is 7.11 Å². The van der Waals surface area contributed by atoms with Crippen molar-refractivity contribution in [2.75, 3.05) is 13.7 Å². The lowest BCUT2D eigenvalue weighted by Gasteiger charge is -2.18. The van der Waals surface area contributed by atoms with E-state index in [-0.39, 0.29) is 6.04 Å². The van der Waals surface area contributed by atoms with Crippen molar-refractivity contribution in [3.63, 3.8) is 0 Å². The molecule has 82 valence electrons. The van der Waals surface area contributed by atoms with E-state index in [9.17, 15) is 5.11 Å². The Morgan fingerprint density at radius 2 is 2.40 bits per heavy atom. The lowest BCUT2D eigenvalue weighted by molar-refractivity contribution is 0.137. The van der Waals surface area contributed by atoms with Crippen LogP contribution < -0.4 is 10.1 Å². The second-order valence-corrected chi connectivity index (χ2v) is 3.92. The summed E-state index contributed by atoms with van der Waals surface area (Å²) in [5.74, 6) is 0.796. The highest BCUT2D eigenvalue weighted by Gasteiger charge is 2.23. The Balaban J connectivity index is 2.13. The second-order valence-electron chi connectivity index (χ2n) is 3.92. The van der Waals surface area contributed by atoms with Crippen molar-refractivity contribution < 1.29 is 9.84 Å². The van der Waals surface area contributed by atoms with E-state index in [2.05, 4.69) is 5.32 Å². The number of hydrogen-bond acceptors (Lipinski definition) is 3. The van der Waals surface area contributed by atoms with Crippen molar-refractivity contribution in [1.82, 2.24) is 5.32 Å². The molecule has 0 saturated carbocycles. The second kappa shape index (κ2) is 4.64. The summed E-state index contributed by atoms with van der Waals surface area (Å²) in [6, 6.07) is 7.82. The average molecular weight is 207 g/mol. The van der Waals surface area contributed by atoms with Gasteiger partial charge < -0.3 is 15.2 Å². The Bertz CT molecular complexity index is 321. The molecule has 2 rings (SSSR count). The van der Waals surface area contributed by atoms with Crippen LogP contribution in [0.25, 0.3) is 0 Å². The van der Waals surface area contributed by atoms with Gasteiger partial charge in [0.1, 0.15) is 5.75 Å². The third-order valence-corrected chi connectivity index (χ3v) is 2.91. The van der Waals surface area contributed by atoms with E-state index in [4.69, 9.17) is 4.74 Å². The predicted molar refractivity (Wildman–Crippen MR) is 59.0 cm³/mol. The van der Waals surface area contributed by atoms with Crippen LogP contribution in [0.1, 0.15) is 24.5 Å². The van der Waals surface area contributed by atoms with E-state index >= 15 is 0 Å². The molecule has 1 fully saturated rings. The van der Waals surface area contributed by atoms with E-state index in [1.165, 1.54) is 0 Å². The molecule has 1 saturated heterocycles. The van der Waals surface area contributed by atoms with Crippen LogP contribution in [0.4, 0.5) is 0 Å². The standard InChI is InChI=1S/C12H17NO2/c1-15-10-5-2-4-9(8-10)12(14)11-6-3-7-13-11/h2,4-5,8,11-14H,3,6-7H2,1H3. The summed E-state index contributed by atoms with van der Waals surface area (Å²) >= 11 is 0. The molecule has 1 heterocycles. The highest BCUT2D eigenvalue weighted by molar-refractivity contribution is 5.30. The summed E-state index contributed by atoms with van der Waals surface area (Å²) in [4.78, 5) is 0. The zero-order chi connectivity index (χ0) is 10.7. The summed E-state index contributed by atoms with van der Waals surface area (Å²) in [5.41, 5.74) is 0.925. The highest BCUT2D eigenvalue weighted by atomic mass is 16.5. The first-order valence-electron chi connectivity index (χ1n) is 5.36. The summed E-state index contributed by atoms with van der Waals surface area (Å²) in [7, 11) is 1.64. The van der Waals surface area contributed by atoms with Crippen LogP contribution in [0.2, 0.25) is 0 Å². The highest BCUT2D eigenvalue weighted by Crippen LogP contribution is 2.25. The van der Waals surface area contributed by atoms with Crippen LogP contribution in [0, 0.1) is 0 Å². The van der Waals surface area contributed by atoms with Crippen molar-refractivity contribution >= 4 is 0 Å². The van der Waals surface area contributed by atoms with Gasteiger partial charge in [-0.05, 0) is 37.1 Å². The molecule has 2 atom stereocenters. The van der Waals surface area contributed by atoms with Crippen LogP contribution in [-0.2, 0) is 0 Å². The summed E-state index contributed by atoms with van der Waals surface area (Å²) in [6.45, 7) is 1.01. The summed E-state index contributed by atoms with van der Waals surface area (Å²) in [5, 5.41) is 13.4. The lowest BCUT2D eigenvalue weighted by Crippen LogP contribution is -2.28. The molecule has 0 amide bonds. The number of nitrogens with one attached hydrogen (secondary N) is 1. The number of ether oxygens (including phenoxy) is 1. The molecule has 1 aliphatic rings. The van der Waals surface area contributed by atoms with Crippen molar-refractivity contribution in [1.29, 1.82) is 0 Å². The summed E-state index contributed by atoms with van der Waals surface area (Å²) < 4.78 is 5.14. The number of hydrogen-bond donors (Lipinski definition) is 2. The third kappa shape index (κ3) is 2.30. The zero-order valence-electron chi connectivity index (χ0n) is 8.94. The first-order chi connectivity index (χ1) is 7.31. The van der Waals surface area contributed by atoms with Gasteiger partial charge in [0.25, 0.3) is 0 Å². The van der Waals surface area contributed by atoms with Gasteiger partial charge in [-0.3, -0.25) is 0 Å². The fourth-order valence-electron chi connectivity index (χ4n) is 2.04. The Morgan fingerprint density at radius 1 is 1.53 bits per heavy atom. The minimum atomic E-state index is -0.428. The Labute approximate surface area is 90.1 Å². The molecule has 0 aromatic heterocycles. The van der Waals surface area contributed by atoms with Crippen molar-refractivity contribution in [3.05, 3.63) is 29.8 Å². The van der Waals surface area contributed by atoms with Crippen LogP contribution in [0.3, 0.4) is 0 Å². The van der Waals surface area contributed by atoms with Crippen LogP contribution in [0.5, 0.6) is 5.75 Å². The molecule has 3 heteroatoms. The van der Waals surface area contributed by atoms with Gasteiger partial charge in [-0.1, -0.05) is 12.1 Å². The Hall–Kier alpha value is -1.06. The number of aliphatic hydroxyl groups excluding tert-OH is 1. The smallest absolute Gasteiger partial charge is 0.119 e. The minimum absolute atomic E-state index is 0.192. The minimum Gasteiger partial charge on any atom is -0.497 e. The molecular weight excluding hydrogens is 190 g/mol. The Morgan fingerprint density at radius 3 is 3.07 bits per heavy atom. The van der Waals surface area contributed by atoms with E-state index in [0.29, 0.717) is 0 Å². The van der Waals surface area contributed by atoms with E-state index in [1.807, 2.05) is 24.3 Å². The fourth-order valence-corrected chi connectivity index (χ4v) is 2.04. The van der Waals surface area contributed by atoms with Gasteiger partial charge in [0, 0.05) is 6.04 Å². The normalized spacial score (nSPS) is 22.7. The maximum Gasteiger partial charge on any atom is 0.119 e. The lowest BCUT2D eigenvalue weighted by atomic mass is 10.0. The van der Waals surface area contributed by atoms with Gasteiger partial charge in [0.15, 0.2) is 0 Å². The van der Waals surface area contributed by atoms with E-state index in [0.717, 1.165) is 30.7 Å². The summed E-state index contributed by atoms with van der Waals surface area (Å²) in [6.07, 6.45) is 1.76. The molecule has 0 aliphatic carbocycles. The number of methoxy groups -OCH3 is 1. The van der Waals surface area contributed by atoms with E-state index < -0.39 is 6.10 Å². The molecule has 1 aliphatic heterocycles. The molecule has 2 unspecified atom stereocenters. The zero-order valence-corrected chi connectivity index (χ0v) is 8.94. The monoisotopic (exact) mass is 207 g/mol. The molecule has 0 radical (unpaired) electrons. The molecule has 2 N–H and O–H groups in total. The topological polar surface area (TPSA) is 41.5 Å². The van der Waals surface area contributed by atoms with Crippen molar-refractivity contribution in [3.8, 4) is 5.75 Å². The first-order valence-corrected chi connectivity index (χ1v) is 5.36. The molecule has 3 nitrogen and oxygen atoms in total. The van der Waals surface area contributed by atoms with Gasteiger partial charge in [-0.25, -0.2) is 0 Å². The first kappa shape index (κ1) is 10.5. The quantitative estimate of drug-likeness (QED) is 0.789. The van der Waals surface area contributed by atoms with Crippen LogP contribution in [-0.4, -0.2) is 24.8 Å². The van der Waals surface area contributed by atoms with Gasteiger partial charge >= 0.3 is 0 Å². The number of rotatable bonds is 3. The molecule has 1 aromatic rings. The molecule has 0 bridgehead atoms. The van der Waals surface area contributed by atoms with Crippen molar-refractivity contribution in [2.24, 2.45) is 0 Å². The maximum atomic E-state index is 10.1. The molecular formula is C12H17NO2. The third-order valence-electron chi connectivity index (χ3n) is 2.91. The molecule has 1 aromatic carbocycles. The molecule has 0 spiro atoms. The van der Waals surface area contributed by atoms with Crippen LogP contribution >= 0.6 is 0 Å². The fraction of sp³-hybridized carbons (Fsp3) is 0.500. The number of benzene rings is 1. The van der Waals surface area contributed by atoms with Gasteiger partial charge in [-0.15, -0.1) is 0 Å².